The van der Waals surface area contributed by atoms with E-state index >= 15 is 0 Å². The first-order valence-electron chi connectivity index (χ1n) is 4.68. The first-order valence-corrected chi connectivity index (χ1v) is 4.68. The fraction of sp³-hybridized carbons (Fsp3) is 0.364. The fourth-order valence-electron chi connectivity index (χ4n) is 1.39. The van der Waals surface area contributed by atoms with Crippen molar-refractivity contribution in [3.8, 4) is 0 Å². The number of carbonyl (C=O) groups excluding carboxylic acids is 1. The third-order valence-corrected chi connectivity index (χ3v) is 2.16. The molecule has 1 atom stereocenters. The van der Waals surface area contributed by atoms with E-state index in [1.165, 1.54) is 0 Å². The molecule has 3 heteroatoms. The summed E-state index contributed by atoms with van der Waals surface area (Å²) < 4.78 is 0. The average Bonchev–Trinajstić information content (AvgIpc) is 2.21. The van der Waals surface area contributed by atoms with Crippen molar-refractivity contribution >= 4 is 5.78 Å². The standard InChI is InChI=1S/C11H15NO2/c12-7-6-11(14)10(8-13)9-4-2-1-3-5-9/h1-5,10,13H,6-8,12H2. The Balaban J connectivity index is 2.77. The molecule has 1 unspecified atom stereocenters. The number of aliphatic hydroxyl groups is 1. The number of Topliss-reactive ketones (excluding diaryl/α,β-unsaturated/α-hetero) is 1. The largest absolute Gasteiger partial charge is 0.395 e. The van der Waals surface area contributed by atoms with Crippen LogP contribution in [-0.4, -0.2) is 24.0 Å². The molecule has 0 spiro atoms. The number of nitrogens with two attached hydrogens (primary N) is 1. The molecule has 3 nitrogen and oxygen atoms in total. The third kappa shape index (κ3) is 2.65. The van der Waals surface area contributed by atoms with Crippen LogP contribution in [-0.2, 0) is 4.79 Å². The molecule has 0 fully saturated rings. The number of carbonyl (C=O) groups is 1. The van der Waals surface area contributed by atoms with Crippen LogP contribution in [0.15, 0.2) is 30.3 Å². The molecule has 76 valence electrons. The van der Waals surface area contributed by atoms with Crippen LogP contribution in [0, 0.1) is 0 Å². The summed E-state index contributed by atoms with van der Waals surface area (Å²) in [4.78, 5) is 11.5. The summed E-state index contributed by atoms with van der Waals surface area (Å²) >= 11 is 0. The quantitative estimate of drug-likeness (QED) is 0.722. The summed E-state index contributed by atoms with van der Waals surface area (Å²) in [5.74, 6) is -0.416. The number of hydrogen-bond donors (Lipinski definition) is 2. The Morgan fingerprint density at radius 3 is 2.50 bits per heavy atom. The molecular formula is C11H15NO2. The predicted octanol–water partition coefficient (Wildman–Crippen LogP) is 0.680. The molecule has 0 saturated heterocycles. The van der Waals surface area contributed by atoms with E-state index in [0.717, 1.165) is 5.56 Å². The van der Waals surface area contributed by atoms with Crippen molar-refractivity contribution in [2.45, 2.75) is 12.3 Å². The molecule has 0 aliphatic rings. The topological polar surface area (TPSA) is 63.3 Å². The molecule has 0 saturated carbocycles. The molecule has 0 aliphatic carbocycles. The van der Waals surface area contributed by atoms with Crippen molar-refractivity contribution < 1.29 is 9.90 Å². The Kier molecular flexibility index (Phi) is 4.29. The minimum Gasteiger partial charge on any atom is -0.395 e. The number of benzene rings is 1. The molecule has 3 N–H and O–H groups in total. The zero-order valence-electron chi connectivity index (χ0n) is 8.02. The maximum atomic E-state index is 11.5. The molecule has 0 amide bonds. The Morgan fingerprint density at radius 2 is 2.00 bits per heavy atom. The van der Waals surface area contributed by atoms with Gasteiger partial charge in [0, 0.05) is 6.42 Å². The summed E-state index contributed by atoms with van der Waals surface area (Å²) in [6.45, 7) is 0.186. The van der Waals surface area contributed by atoms with Gasteiger partial charge in [-0.1, -0.05) is 30.3 Å². The lowest BCUT2D eigenvalue weighted by Crippen LogP contribution is -2.19. The minimum absolute atomic E-state index is 0.00111. The van der Waals surface area contributed by atoms with Crippen molar-refractivity contribution in [2.75, 3.05) is 13.2 Å². The predicted molar refractivity (Wildman–Crippen MR) is 54.9 cm³/mol. The lowest BCUT2D eigenvalue weighted by atomic mass is 9.94. The van der Waals surface area contributed by atoms with Crippen molar-refractivity contribution in [1.29, 1.82) is 0 Å². The molecule has 0 heterocycles. The highest BCUT2D eigenvalue weighted by molar-refractivity contribution is 5.86. The summed E-state index contributed by atoms with van der Waals surface area (Å²) in [6.07, 6.45) is 0.320. The number of hydrogen-bond acceptors (Lipinski definition) is 3. The van der Waals surface area contributed by atoms with Gasteiger partial charge < -0.3 is 10.8 Å². The van der Waals surface area contributed by atoms with Crippen LogP contribution in [0.5, 0.6) is 0 Å². The highest BCUT2D eigenvalue weighted by Crippen LogP contribution is 2.16. The van der Waals surface area contributed by atoms with Crippen LogP contribution in [0.2, 0.25) is 0 Å². The fourth-order valence-corrected chi connectivity index (χ4v) is 1.39. The maximum Gasteiger partial charge on any atom is 0.143 e. The zero-order chi connectivity index (χ0) is 10.4. The smallest absolute Gasteiger partial charge is 0.143 e. The van der Waals surface area contributed by atoms with Crippen molar-refractivity contribution in [3.63, 3.8) is 0 Å². The van der Waals surface area contributed by atoms with Crippen LogP contribution < -0.4 is 5.73 Å². The van der Waals surface area contributed by atoms with E-state index in [9.17, 15) is 4.79 Å². The molecule has 1 aromatic rings. The van der Waals surface area contributed by atoms with E-state index in [2.05, 4.69) is 0 Å². The molecule has 0 bridgehead atoms. The Labute approximate surface area is 83.6 Å². The Hall–Kier alpha value is -1.19. The van der Waals surface area contributed by atoms with E-state index in [4.69, 9.17) is 10.8 Å². The average molecular weight is 193 g/mol. The van der Waals surface area contributed by atoms with Crippen molar-refractivity contribution in [3.05, 3.63) is 35.9 Å². The van der Waals surface area contributed by atoms with Gasteiger partial charge in [-0.25, -0.2) is 0 Å². The van der Waals surface area contributed by atoms with Crippen LogP contribution in [0.3, 0.4) is 0 Å². The first-order chi connectivity index (χ1) is 6.79. The first kappa shape index (κ1) is 10.9. The SMILES string of the molecule is NCCC(=O)C(CO)c1ccccc1. The summed E-state index contributed by atoms with van der Waals surface area (Å²) in [5, 5.41) is 9.11. The van der Waals surface area contributed by atoms with Crippen molar-refractivity contribution in [2.24, 2.45) is 5.73 Å². The van der Waals surface area contributed by atoms with Gasteiger partial charge in [0.15, 0.2) is 0 Å². The number of aliphatic hydroxyl groups excluding tert-OH is 1. The van der Waals surface area contributed by atoms with Gasteiger partial charge in [-0.2, -0.15) is 0 Å². The highest BCUT2D eigenvalue weighted by Gasteiger charge is 2.17. The molecular weight excluding hydrogens is 178 g/mol. The Morgan fingerprint density at radius 1 is 1.36 bits per heavy atom. The van der Waals surface area contributed by atoms with Crippen LogP contribution in [0.4, 0.5) is 0 Å². The maximum absolute atomic E-state index is 11.5. The van der Waals surface area contributed by atoms with Gasteiger partial charge >= 0.3 is 0 Å². The summed E-state index contributed by atoms with van der Waals surface area (Å²) in [6, 6.07) is 9.28. The lowest BCUT2D eigenvalue weighted by molar-refractivity contribution is -0.121. The van der Waals surface area contributed by atoms with Gasteiger partial charge in [0.05, 0.1) is 12.5 Å². The minimum atomic E-state index is -0.417. The molecule has 1 rings (SSSR count). The number of ketones is 1. The second-order valence-corrected chi connectivity index (χ2v) is 3.15. The molecule has 0 radical (unpaired) electrons. The Bertz CT molecular complexity index is 285. The number of rotatable bonds is 5. The van der Waals surface area contributed by atoms with Gasteiger partial charge in [0.2, 0.25) is 0 Å². The van der Waals surface area contributed by atoms with E-state index in [1.807, 2.05) is 30.3 Å². The molecule has 0 aliphatic heterocycles. The lowest BCUT2D eigenvalue weighted by Gasteiger charge is -2.12. The second kappa shape index (κ2) is 5.52. The van der Waals surface area contributed by atoms with Crippen LogP contribution >= 0.6 is 0 Å². The zero-order valence-corrected chi connectivity index (χ0v) is 8.02. The van der Waals surface area contributed by atoms with Crippen LogP contribution in [0.1, 0.15) is 17.9 Å². The van der Waals surface area contributed by atoms with Crippen molar-refractivity contribution in [1.82, 2.24) is 0 Å². The van der Waals surface area contributed by atoms with E-state index < -0.39 is 5.92 Å². The van der Waals surface area contributed by atoms with E-state index in [-0.39, 0.29) is 12.4 Å². The van der Waals surface area contributed by atoms with Gasteiger partial charge in [0.1, 0.15) is 5.78 Å². The third-order valence-electron chi connectivity index (χ3n) is 2.16. The monoisotopic (exact) mass is 193 g/mol. The molecule has 14 heavy (non-hydrogen) atoms. The van der Waals surface area contributed by atoms with Gasteiger partial charge in [0.25, 0.3) is 0 Å². The summed E-state index contributed by atoms with van der Waals surface area (Å²) in [7, 11) is 0. The highest BCUT2D eigenvalue weighted by atomic mass is 16.3. The van der Waals surface area contributed by atoms with Gasteiger partial charge in [-0.15, -0.1) is 0 Å². The van der Waals surface area contributed by atoms with Crippen LogP contribution in [0.25, 0.3) is 0 Å². The second-order valence-electron chi connectivity index (χ2n) is 3.15. The van der Waals surface area contributed by atoms with Gasteiger partial charge in [-0.3, -0.25) is 4.79 Å². The normalized spacial score (nSPS) is 12.4. The van der Waals surface area contributed by atoms with Gasteiger partial charge in [-0.05, 0) is 12.1 Å². The molecule has 0 aromatic heterocycles. The molecule has 1 aromatic carbocycles. The summed E-state index contributed by atoms with van der Waals surface area (Å²) in [5.41, 5.74) is 6.15. The van der Waals surface area contributed by atoms with E-state index in [1.54, 1.807) is 0 Å². The van der Waals surface area contributed by atoms with E-state index in [0.29, 0.717) is 13.0 Å².